The Labute approximate surface area is 133 Å². The van der Waals surface area contributed by atoms with Crippen LogP contribution in [0.5, 0.6) is 11.5 Å². The summed E-state index contributed by atoms with van der Waals surface area (Å²) >= 11 is 12.4. The van der Waals surface area contributed by atoms with Crippen LogP contribution in [-0.4, -0.2) is 13.2 Å². The highest BCUT2D eigenvalue weighted by molar-refractivity contribution is 6.33. The van der Waals surface area contributed by atoms with Gasteiger partial charge in [-0.3, -0.25) is 0 Å². The summed E-state index contributed by atoms with van der Waals surface area (Å²) in [6, 6.07) is 9.74. The third kappa shape index (κ3) is 3.20. The van der Waals surface area contributed by atoms with Gasteiger partial charge in [-0.05, 0) is 42.3 Å². The van der Waals surface area contributed by atoms with Crippen LogP contribution in [0.3, 0.4) is 0 Å². The van der Waals surface area contributed by atoms with E-state index in [0.29, 0.717) is 41.3 Å². The molecule has 5 heteroatoms. The van der Waals surface area contributed by atoms with Gasteiger partial charge < -0.3 is 14.8 Å². The van der Waals surface area contributed by atoms with Crippen molar-refractivity contribution in [2.45, 2.75) is 13.5 Å². The van der Waals surface area contributed by atoms with Crippen LogP contribution in [0.2, 0.25) is 10.0 Å². The van der Waals surface area contributed by atoms with Crippen molar-refractivity contribution in [2.75, 3.05) is 18.5 Å². The first-order valence-electron chi connectivity index (χ1n) is 6.71. The highest BCUT2D eigenvalue weighted by Gasteiger charge is 2.16. The van der Waals surface area contributed by atoms with Gasteiger partial charge in [-0.25, -0.2) is 0 Å². The Balaban J connectivity index is 1.77. The molecule has 0 fully saturated rings. The quantitative estimate of drug-likeness (QED) is 0.889. The fourth-order valence-electron chi connectivity index (χ4n) is 2.23. The first kappa shape index (κ1) is 14.4. The molecule has 1 aliphatic heterocycles. The molecule has 1 aliphatic rings. The van der Waals surface area contributed by atoms with Gasteiger partial charge in [0.05, 0.1) is 15.7 Å². The van der Waals surface area contributed by atoms with E-state index in [4.69, 9.17) is 32.7 Å². The molecule has 21 heavy (non-hydrogen) atoms. The zero-order valence-corrected chi connectivity index (χ0v) is 13.1. The van der Waals surface area contributed by atoms with Crippen molar-refractivity contribution in [1.29, 1.82) is 0 Å². The van der Waals surface area contributed by atoms with E-state index in [1.165, 1.54) is 0 Å². The summed E-state index contributed by atoms with van der Waals surface area (Å²) in [5.41, 5.74) is 3.04. The van der Waals surface area contributed by atoms with Gasteiger partial charge in [0.15, 0.2) is 11.5 Å². The molecule has 2 aromatic carbocycles. The maximum atomic E-state index is 6.22. The van der Waals surface area contributed by atoms with Crippen molar-refractivity contribution in [2.24, 2.45) is 0 Å². The second kappa shape index (κ2) is 6.04. The smallest absolute Gasteiger partial charge is 0.179 e. The molecule has 0 unspecified atom stereocenters. The Kier molecular flexibility index (Phi) is 4.13. The van der Waals surface area contributed by atoms with Gasteiger partial charge in [-0.15, -0.1) is 0 Å². The highest BCUT2D eigenvalue weighted by atomic mass is 35.5. The maximum absolute atomic E-state index is 6.22. The second-order valence-electron chi connectivity index (χ2n) is 4.94. The van der Waals surface area contributed by atoms with Crippen LogP contribution in [0.1, 0.15) is 11.1 Å². The summed E-state index contributed by atoms with van der Waals surface area (Å²) in [4.78, 5) is 0. The summed E-state index contributed by atoms with van der Waals surface area (Å²) in [6.07, 6.45) is 0. The predicted molar refractivity (Wildman–Crippen MR) is 86.0 cm³/mol. The van der Waals surface area contributed by atoms with Gasteiger partial charge in [0.25, 0.3) is 0 Å². The fourth-order valence-corrected chi connectivity index (χ4v) is 2.82. The van der Waals surface area contributed by atoms with E-state index >= 15 is 0 Å². The average molecular weight is 324 g/mol. The van der Waals surface area contributed by atoms with Crippen LogP contribution in [0.25, 0.3) is 0 Å². The molecule has 1 heterocycles. The Hall–Kier alpha value is -1.58. The van der Waals surface area contributed by atoms with E-state index in [-0.39, 0.29) is 0 Å². The molecule has 0 atom stereocenters. The van der Waals surface area contributed by atoms with Crippen molar-refractivity contribution in [1.82, 2.24) is 0 Å². The molecular weight excluding hydrogens is 309 g/mol. The van der Waals surface area contributed by atoms with E-state index in [1.54, 1.807) is 0 Å². The molecule has 0 aromatic heterocycles. The molecule has 0 amide bonds. The molecule has 1 N–H and O–H groups in total. The molecular formula is C16H15Cl2NO2. The lowest BCUT2D eigenvalue weighted by Gasteiger charge is -2.20. The van der Waals surface area contributed by atoms with Gasteiger partial charge in [0.1, 0.15) is 13.2 Å². The molecule has 0 saturated heterocycles. The van der Waals surface area contributed by atoms with Crippen LogP contribution < -0.4 is 14.8 Å². The Morgan fingerprint density at radius 3 is 2.67 bits per heavy atom. The largest absolute Gasteiger partial charge is 0.486 e. The van der Waals surface area contributed by atoms with Gasteiger partial charge in [0.2, 0.25) is 0 Å². The number of aryl methyl sites for hydroxylation is 1. The second-order valence-corrected chi connectivity index (χ2v) is 5.75. The van der Waals surface area contributed by atoms with Crippen LogP contribution in [0.15, 0.2) is 30.3 Å². The Morgan fingerprint density at radius 2 is 1.86 bits per heavy atom. The summed E-state index contributed by atoms with van der Waals surface area (Å²) < 4.78 is 11.1. The third-order valence-electron chi connectivity index (χ3n) is 3.26. The number of hydrogen-bond acceptors (Lipinski definition) is 3. The van der Waals surface area contributed by atoms with Crippen molar-refractivity contribution in [3.8, 4) is 11.5 Å². The molecule has 2 aromatic rings. The lowest BCUT2D eigenvalue weighted by atomic mass is 10.1. The maximum Gasteiger partial charge on any atom is 0.179 e. The van der Waals surface area contributed by atoms with Gasteiger partial charge in [-0.1, -0.05) is 29.3 Å². The molecule has 0 saturated carbocycles. The third-order valence-corrected chi connectivity index (χ3v) is 3.86. The molecule has 3 nitrogen and oxygen atoms in total. The standard InChI is InChI=1S/C16H15Cl2NO2/c1-10-2-3-14(12(17)6-10)19-9-11-7-13(18)16-15(8-11)20-4-5-21-16/h2-3,6-8,19H,4-5,9H2,1H3. The lowest BCUT2D eigenvalue weighted by Crippen LogP contribution is -2.16. The van der Waals surface area contributed by atoms with E-state index in [1.807, 2.05) is 37.3 Å². The Bertz CT molecular complexity index is 674. The Morgan fingerprint density at radius 1 is 1.05 bits per heavy atom. The van der Waals surface area contributed by atoms with Gasteiger partial charge >= 0.3 is 0 Å². The number of benzene rings is 2. The molecule has 0 radical (unpaired) electrons. The van der Waals surface area contributed by atoms with E-state index in [9.17, 15) is 0 Å². The van der Waals surface area contributed by atoms with Gasteiger partial charge in [0, 0.05) is 6.54 Å². The van der Waals surface area contributed by atoms with Crippen LogP contribution in [0.4, 0.5) is 5.69 Å². The first-order valence-corrected chi connectivity index (χ1v) is 7.47. The topological polar surface area (TPSA) is 30.5 Å². The monoisotopic (exact) mass is 323 g/mol. The van der Waals surface area contributed by atoms with Crippen molar-refractivity contribution < 1.29 is 9.47 Å². The number of fused-ring (bicyclic) bond motifs is 1. The molecule has 0 bridgehead atoms. The van der Waals surface area contributed by atoms with Crippen LogP contribution in [0, 0.1) is 6.92 Å². The van der Waals surface area contributed by atoms with Crippen molar-refractivity contribution in [3.05, 3.63) is 51.5 Å². The number of hydrogen-bond donors (Lipinski definition) is 1. The van der Waals surface area contributed by atoms with E-state index in [2.05, 4.69) is 5.32 Å². The first-order chi connectivity index (χ1) is 10.1. The fraction of sp³-hybridized carbons (Fsp3) is 0.250. The number of ether oxygens (including phenoxy) is 2. The van der Waals surface area contributed by atoms with E-state index in [0.717, 1.165) is 16.8 Å². The van der Waals surface area contributed by atoms with Crippen molar-refractivity contribution >= 4 is 28.9 Å². The predicted octanol–water partition coefficient (Wildman–Crippen LogP) is 4.69. The van der Waals surface area contributed by atoms with Crippen LogP contribution >= 0.6 is 23.2 Å². The van der Waals surface area contributed by atoms with Crippen molar-refractivity contribution in [3.63, 3.8) is 0 Å². The van der Waals surface area contributed by atoms with E-state index < -0.39 is 0 Å². The molecule has 3 rings (SSSR count). The average Bonchev–Trinajstić information content (AvgIpc) is 2.46. The summed E-state index contributed by atoms with van der Waals surface area (Å²) in [7, 11) is 0. The minimum absolute atomic E-state index is 0.531. The molecule has 110 valence electrons. The number of halogens is 2. The normalized spacial score (nSPS) is 13.1. The zero-order valence-electron chi connectivity index (χ0n) is 11.6. The SMILES string of the molecule is Cc1ccc(NCc2cc(Cl)c3c(c2)OCCO3)c(Cl)c1. The highest BCUT2D eigenvalue weighted by Crippen LogP contribution is 2.38. The zero-order chi connectivity index (χ0) is 14.8. The lowest BCUT2D eigenvalue weighted by molar-refractivity contribution is 0.171. The number of nitrogens with one attached hydrogen (secondary N) is 1. The number of anilines is 1. The summed E-state index contributed by atoms with van der Waals surface area (Å²) in [6.45, 7) is 3.70. The summed E-state index contributed by atoms with van der Waals surface area (Å²) in [5, 5.41) is 4.58. The van der Waals surface area contributed by atoms with Gasteiger partial charge in [-0.2, -0.15) is 0 Å². The molecule has 0 spiro atoms. The molecule has 0 aliphatic carbocycles. The minimum Gasteiger partial charge on any atom is -0.486 e. The summed E-state index contributed by atoms with van der Waals surface area (Å²) in [5.74, 6) is 1.32. The number of rotatable bonds is 3. The minimum atomic E-state index is 0.531. The van der Waals surface area contributed by atoms with Crippen LogP contribution in [-0.2, 0) is 6.54 Å².